The van der Waals surface area contributed by atoms with Crippen molar-refractivity contribution in [3.63, 3.8) is 0 Å². The molecular weight excluding hydrogens is 518 g/mol. The van der Waals surface area contributed by atoms with E-state index >= 15 is 0 Å². The van der Waals surface area contributed by atoms with E-state index in [1.54, 1.807) is 6.92 Å². The third-order valence-electron chi connectivity index (χ3n) is 7.44. The highest BCUT2D eigenvalue weighted by atomic mass is 16.6. The Bertz CT molecular complexity index is 1130. The molecule has 0 bridgehead atoms. The summed E-state index contributed by atoms with van der Waals surface area (Å²) in [7, 11) is 0. The summed E-state index contributed by atoms with van der Waals surface area (Å²) in [6, 6.07) is 16.5. The molecule has 1 fully saturated rings. The van der Waals surface area contributed by atoms with Crippen LogP contribution in [0, 0.1) is 0 Å². The smallest absolute Gasteiger partial charge is 0.243 e. The number of amides is 3. The molecule has 2 aromatic carbocycles. The topological polar surface area (TPSA) is 117 Å². The van der Waals surface area contributed by atoms with Gasteiger partial charge < -0.3 is 20.7 Å². The molecule has 3 unspecified atom stereocenters. The monoisotopic (exact) mass is 563 g/mol. The van der Waals surface area contributed by atoms with Crippen molar-refractivity contribution >= 4 is 23.5 Å². The second-order valence-corrected chi connectivity index (χ2v) is 11.1. The Labute approximate surface area is 244 Å². The largest absolute Gasteiger partial charge is 0.361 e. The van der Waals surface area contributed by atoms with Crippen LogP contribution in [0.1, 0.15) is 76.8 Å². The van der Waals surface area contributed by atoms with E-state index in [1.807, 2.05) is 67.6 Å². The van der Waals surface area contributed by atoms with Crippen LogP contribution in [0.3, 0.4) is 0 Å². The quantitative estimate of drug-likeness (QED) is 0.187. The van der Waals surface area contributed by atoms with Crippen molar-refractivity contribution in [3.05, 3.63) is 71.8 Å². The van der Waals surface area contributed by atoms with E-state index in [4.69, 9.17) is 4.74 Å². The molecule has 0 saturated carbocycles. The lowest BCUT2D eigenvalue weighted by Gasteiger charge is -2.26. The molecule has 3 N–H and O–H groups in total. The molecule has 1 saturated heterocycles. The van der Waals surface area contributed by atoms with Crippen LogP contribution in [0.25, 0.3) is 0 Å². The van der Waals surface area contributed by atoms with E-state index < -0.39 is 35.5 Å². The minimum Gasteiger partial charge on any atom is -0.361 e. The molecule has 0 spiro atoms. The fraction of sp³-hybridized carbons (Fsp3) is 0.515. The van der Waals surface area contributed by atoms with Crippen molar-refractivity contribution in [3.8, 4) is 0 Å². The van der Waals surface area contributed by atoms with Gasteiger partial charge in [-0.2, -0.15) is 0 Å². The molecule has 3 rings (SSSR count). The number of Topliss-reactive ketones (excluding diaryl/α,β-unsaturated/α-hetero) is 1. The van der Waals surface area contributed by atoms with Crippen LogP contribution in [0.2, 0.25) is 0 Å². The van der Waals surface area contributed by atoms with Gasteiger partial charge in [0.15, 0.2) is 5.78 Å². The number of ether oxygens (including phenoxy) is 1. The molecule has 1 aliphatic heterocycles. The number of carbonyl (C=O) groups is 4. The lowest BCUT2D eigenvalue weighted by molar-refractivity contribution is -0.134. The first-order valence-corrected chi connectivity index (χ1v) is 14.9. The number of carbonyl (C=O) groups excluding carboxylic acids is 4. The SMILES string of the molecule is CCCCCC(=O)NC(Cc1ccccc1)C(=O)NC(CCCC)C(=O)NC(Cc1ccccc1)C(=O)[C@@]1(C)CO1. The van der Waals surface area contributed by atoms with Gasteiger partial charge in [-0.1, -0.05) is 100 Å². The second-order valence-electron chi connectivity index (χ2n) is 11.1. The first-order valence-electron chi connectivity index (χ1n) is 14.9. The molecule has 1 aliphatic rings. The molecule has 0 aromatic heterocycles. The van der Waals surface area contributed by atoms with Gasteiger partial charge in [-0.25, -0.2) is 0 Å². The van der Waals surface area contributed by atoms with Gasteiger partial charge in [-0.15, -0.1) is 0 Å². The van der Waals surface area contributed by atoms with Gasteiger partial charge >= 0.3 is 0 Å². The lowest BCUT2D eigenvalue weighted by atomic mass is 9.94. The van der Waals surface area contributed by atoms with Gasteiger partial charge in [0.2, 0.25) is 17.7 Å². The van der Waals surface area contributed by atoms with E-state index in [9.17, 15) is 19.2 Å². The molecule has 41 heavy (non-hydrogen) atoms. The number of rotatable bonds is 18. The highest BCUT2D eigenvalue weighted by Crippen LogP contribution is 2.29. The van der Waals surface area contributed by atoms with Crippen LogP contribution in [0.5, 0.6) is 0 Å². The number of hydrogen-bond acceptors (Lipinski definition) is 5. The van der Waals surface area contributed by atoms with Gasteiger partial charge in [0.25, 0.3) is 0 Å². The highest BCUT2D eigenvalue weighted by Gasteiger charge is 2.50. The number of benzene rings is 2. The Hall–Kier alpha value is -3.52. The minimum absolute atomic E-state index is 0.184. The molecule has 0 radical (unpaired) electrons. The van der Waals surface area contributed by atoms with Gasteiger partial charge in [-0.05, 0) is 37.3 Å². The molecule has 4 atom stereocenters. The third-order valence-corrected chi connectivity index (χ3v) is 7.44. The number of hydrogen-bond donors (Lipinski definition) is 3. The number of nitrogens with one attached hydrogen (secondary N) is 3. The van der Waals surface area contributed by atoms with E-state index in [1.165, 1.54) is 0 Å². The summed E-state index contributed by atoms with van der Waals surface area (Å²) in [5.74, 6) is -1.21. The van der Waals surface area contributed by atoms with E-state index in [2.05, 4.69) is 22.9 Å². The highest BCUT2D eigenvalue weighted by molar-refractivity contribution is 5.98. The Balaban J connectivity index is 1.75. The van der Waals surface area contributed by atoms with Gasteiger partial charge in [-0.3, -0.25) is 19.2 Å². The molecule has 8 nitrogen and oxygen atoms in total. The Morgan fingerprint density at radius 2 is 1.24 bits per heavy atom. The molecule has 1 heterocycles. The second kappa shape index (κ2) is 16.1. The summed E-state index contributed by atoms with van der Waals surface area (Å²) < 4.78 is 5.40. The Kier molecular flexibility index (Phi) is 12.5. The van der Waals surface area contributed by atoms with Gasteiger partial charge in [0.1, 0.15) is 17.7 Å². The molecule has 8 heteroatoms. The first kappa shape index (κ1) is 32.0. The standard InChI is InChI=1S/C33H45N3O5/c1-4-6-10-20-29(37)34-28(22-25-17-13-9-14-18-25)32(40)35-26(19-7-5-2)31(39)36-27(30(38)33(3)23-41-33)21-24-15-11-8-12-16-24/h8-9,11-18,26-28H,4-7,10,19-23H2,1-3H3,(H,34,37)(H,35,40)(H,36,39)/t26?,27?,28?,33-/m1/s1. The number of epoxide rings is 1. The van der Waals surface area contributed by atoms with E-state index in [0.29, 0.717) is 38.7 Å². The molecular formula is C33H45N3O5. The maximum atomic E-state index is 13.6. The Morgan fingerprint density at radius 1 is 0.732 bits per heavy atom. The maximum absolute atomic E-state index is 13.6. The van der Waals surface area contributed by atoms with Crippen molar-refractivity contribution in [2.75, 3.05) is 6.61 Å². The Morgan fingerprint density at radius 3 is 1.78 bits per heavy atom. The molecule has 2 aromatic rings. The fourth-order valence-corrected chi connectivity index (χ4v) is 4.76. The van der Waals surface area contributed by atoms with Crippen molar-refractivity contribution < 1.29 is 23.9 Å². The van der Waals surface area contributed by atoms with Crippen LogP contribution < -0.4 is 16.0 Å². The van der Waals surface area contributed by atoms with Crippen LogP contribution in [0.15, 0.2) is 60.7 Å². The summed E-state index contributed by atoms with van der Waals surface area (Å²) in [6.07, 6.45) is 5.62. The zero-order chi connectivity index (χ0) is 29.7. The number of ketones is 1. The van der Waals surface area contributed by atoms with Crippen LogP contribution >= 0.6 is 0 Å². The summed E-state index contributed by atoms with van der Waals surface area (Å²) >= 11 is 0. The van der Waals surface area contributed by atoms with Gasteiger partial charge in [0, 0.05) is 12.8 Å². The first-order chi connectivity index (χ1) is 19.8. The van der Waals surface area contributed by atoms with Crippen LogP contribution in [-0.4, -0.2) is 53.8 Å². The predicted molar refractivity (Wildman–Crippen MR) is 159 cm³/mol. The molecule has 222 valence electrons. The van der Waals surface area contributed by atoms with Crippen molar-refractivity contribution in [1.82, 2.24) is 16.0 Å². The minimum atomic E-state index is -0.905. The van der Waals surface area contributed by atoms with Crippen molar-refractivity contribution in [1.29, 1.82) is 0 Å². The summed E-state index contributed by atoms with van der Waals surface area (Å²) in [4.78, 5) is 53.2. The predicted octanol–water partition coefficient (Wildman–Crippen LogP) is 4.05. The van der Waals surface area contributed by atoms with Crippen molar-refractivity contribution in [2.24, 2.45) is 0 Å². The fourth-order valence-electron chi connectivity index (χ4n) is 4.76. The molecule has 3 amide bonds. The summed E-state index contributed by atoms with van der Waals surface area (Å²) in [6.45, 7) is 6.13. The average molecular weight is 564 g/mol. The maximum Gasteiger partial charge on any atom is 0.243 e. The number of unbranched alkanes of at least 4 members (excludes halogenated alkanes) is 3. The zero-order valence-electron chi connectivity index (χ0n) is 24.6. The van der Waals surface area contributed by atoms with Gasteiger partial charge in [0.05, 0.1) is 12.6 Å². The zero-order valence-corrected chi connectivity index (χ0v) is 24.6. The average Bonchev–Trinajstić information content (AvgIpc) is 3.73. The van der Waals surface area contributed by atoms with Crippen molar-refractivity contribution in [2.45, 2.75) is 102 Å². The normalized spacial score (nSPS) is 18.0. The summed E-state index contributed by atoms with van der Waals surface area (Å²) in [5, 5.41) is 8.71. The van der Waals surface area contributed by atoms with Crippen LogP contribution in [-0.2, 0) is 36.8 Å². The van der Waals surface area contributed by atoms with Crippen LogP contribution in [0.4, 0.5) is 0 Å². The molecule has 0 aliphatic carbocycles. The summed E-state index contributed by atoms with van der Waals surface area (Å²) in [5.41, 5.74) is 0.915. The van der Waals surface area contributed by atoms with E-state index in [0.717, 1.165) is 36.8 Å². The lowest BCUT2D eigenvalue weighted by Crippen LogP contribution is -2.57. The van der Waals surface area contributed by atoms with E-state index in [-0.39, 0.29) is 11.7 Å². The third kappa shape index (κ3) is 10.4.